The van der Waals surface area contributed by atoms with Crippen LogP contribution in [0.2, 0.25) is 0 Å². The largest absolute Gasteiger partial charge is 0.497 e. The summed E-state index contributed by atoms with van der Waals surface area (Å²) in [5.74, 6) is 1.30. The van der Waals surface area contributed by atoms with Crippen LogP contribution in [0, 0.1) is 6.92 Å². The average molecular weight is 278 g/mol. The van der Waals surface area contributed by atoms with Gasteiger partial charge in [-0.2, -0.15) is 0 Å². The fraction of sp³-hybridized carbons (Fsp3) is 0.125. The van der Waals surface area contributed by atoms with E-state index in [9.17, 15) is 0 Å². The molecule has 2 heterocycles. The molecule has 5 heteroatoms. The number of ether oxygens (including phenoxy) is 1. The summed E-state index contributed by atoms with van der Waals surface area (Å²) in [6.07, 6.45) is 1.70. The lowest BCUT2D eigenvalue weighted by molar-refractivity contribution is 0.415. The van der Waals surface area contributed by atoms with Gasteiger partial charge in [-0.25, -0.2) is 9.97 Å². The smallest absolute Gasteiger partial charge is 0.200 e. The predicted octanol–water partition coefficient (Wildman–Crippen LogP) is 2.92. The highest BCUT2D eigenvalue weighted by molar-refractivity contribution is 5.60. The fourth-order valence-electron chi connectivity index (χ4n) is 1.97. The van der Waals surface area contributed by atoms with Crippen LogP contribution in [0.3, 0.4) is 0 Å². The SMILES string of the molecule is COc1cccc(-c2cnc(-c3cccc(C)n3)nn2)c1. The minimum absolute atomic E-state index is 0.519. The topological polar surface area (TPSA) is 60.8 Å². The van der Waals surface area contributed by atoms with Crippen molar-refractivity contribution in [3.05, 3.63) is 54.4 Å². The number of pyridine rings is 1. The molecule has 1 aromatic carbocycles. The van der Waals surface area contributed by atoms with Gasteiger partial charge in [-0.05, 0) is 31.2 Å². The quantitative estimate of drug-likeness (QED) is 0.737. The number of aromatic nitrogens is 4. The lowest BCUT2D eigenvalue weighted by atomic mass is 10.1. The molecule has 104 valence electrons. The van der Waals surface area contributed by atoms with E-state index in [2.05, 4.69) is 20.2 Å². The van der Waals surface area contributed by atoms with E-state index >= 15 is 0 Å². The Balaban J connectivity index is 1.93. The Morgan fingerprint density at radius 1 is 0.952 bits per heavy atom. The van der Waals surface area contributed by atoms with Crippen LogP contribution in [-0.2, 0) is 0 Å². The Morgan fingerprint density at radius 3 is 2.52 bits per heavy atom. The summed E-state index contributed by atoms with van der Waals surface area (Å²) in [5.41, 5.74) is 3.26. The van der Waals surface area contributed by atoms with Crippen LogP contribution >= 0.6 is 0 Å². The number of nitrogens with zero attached hydrogens (tertiary/aromatic N) is 4. The number of hydrogen-bond acceptors (Lipinski definition) is 5. The minimum atomic E-state index is 0.519. The van der Waals surface area contributed by atoms with E-state index < -0.39 is 0 Å². The molecule has 0 spiro atoms. The molecule has 0 atom stereocenters. The molecule has 0 saturated carbocycles. The summed E-state index contributed by atoms with van der Waals surface area (Å²) < 4.78 is 5.20. The third-order valence-electron chi connectivity index (χ3n) is 3.04. The molecule has 2 aromatic heterocycles. The molecule has 0 saturated heterocycles. The first-order valence-electron chi connectivity index (χ1n) is 6.54. The van der Waals surface area contributed by atoms with E-state index in [1.54, 1.807) is 13.3 Å². The van der Waals surface area contributed by atoms with Crippen LogP contribution in [0.25, 0.3) is 22.8 Å². The lowest BCUT2D eigenvalue weighted by Gasteiger charge is -2.04. The van der Waals surface area contributed by atoms with Gasteiger partial charge in [0.15, 0.2) is 5.82 Å². The van der Waals surface area contributed by atoms with Gasteiger partial charge >= 0.3 is 0 Å². The molecule has 0 bridgehead atoms. The van der Waals surface area contributed by atoms with Crippen LogP contribution in [-0.4, -0.2) is 27.3 Å². The zero-order valence-corrected chi connectivity index (χ0v) is 11.8. The Hall–Kier alpha value is -2.82. The van der Waals surface area contributed by atoms with Crippen LogP contribution < -0.4 is 4.74 Å². The Bertz CT molecular complexity index is 756. The lowest BCUT2D eigenvalue weighted by Crippen LogP contribution is -1.97. The fourth-order valence-corrected chi connectivity index (χ4v) is 1.97. The maximum absolute atomic E-state index is 5.20. The van der Waals surface area contributed by atoms with Gasteiger partial charge in [0.1, 0.15) is 17.1 Å². The van der Waals surface area contributed by atoms with Gasteiger partial charge in [0.2, 0.25) is 0 Å². The summed E-state index contributed by atoms with van der Waals surface area (Å²) in [5, 5.41) is 8.38. The van der Waals surface area contributed by atoms with Gasteiger partial charge in [0.25, 0.3) is 0 Å². The Morgan fingerprint density at radius 2 is 1.81 bits per heavy atom. The van der Waals surface area contributed by atoms with Crippen LogP contribution in [0.5, 0.6) is 5.75 Å². The number of rotatable bonds is 3. The maximum Gasteiger partial charge on any atom is 0.200 e. The first-order chi connectivity index (χ1) is 10.3. The number of methoxy groups -OCH3 is 1. The second kappa shape index (κ2) is 5.66. The maximum atomic E-state index is 5.20. The molecule has 0 fully saturated rings. The van der Waals surface area contributed by atoms with Gasteiger partial charge in [0.05, 0.1) is 13.3 Å². The van der Waals surface area contributed by atoms with Gasteiger partial charge < -0.3 is 4.74 Å². The molecular formula is C16H14N4O. The van der Waals surface area contributed by atoms with E-state index in [1.807, 2.05) is 49.4 Å². The molecule has 0 radical (unpaired) electrons. The first kappa shape index (κ1) is 13.2. The van der Waals surface area contributed by atoms with E-state index in [0.717, 1.165) is 22.7 Å². The van der Waals surface area contributed by atoms with Gasteiger partial charge in [-0.1, -0.05) is 18.2 Å². The monoisotopic (exact) mass is 278 g/mol. The summed E-state index contributed by atoms with van der Waals surface area (Å²) in [6.45, 7) is 1.93. The van der Waals surface area contributed by atoms with Crippen molar-refractivity contribution in [1.29, 1.82) is 0 Å². The molecule has 0 amide bonds. The molecule has 3 aromatic rings. The van der Waals surface area contributed by atoms with E-state index in [4.69, 9.17) is 4.74 Å². The van der Waals surface area contributed by atoms with E-state index in [0.29, 0.717) is 11.5 Å². The van der Waals surface area contributed by atoms with Crippen molar-refractivity contribution in [3.8, 4) is 28.5 Å². The third-order valence-corrected chi connectivity index (χ3v) is 3.04. The molecule has 0 unspecified atom stereocenters. The highest BCUT2D eigenvalue weighted by Crippen LogP contribution is 2.21. The van der Waals surface area contributed by atoms with Crippen LogP contribution in [0.1, 0.15) is 5.69 Å². The number of aryl methyl sites for hydroxylation is 1. The van der Waals surface area contributed by atoms with Crippen LogP contribution in [0.15, 0.2) is 48.7 Å². The summed E-state index contributed by atoms with van der Waals surface area (Å²) >= 11 is 0. The van der Waals surface area contributed by atoms with Crippen molar-refractivity contribution >= 4 is 0 Å². The molecule has 0 aliphatic carbocycles. The van der Waals surface area contributed by atoms with Crippen molar-refractivity contribution in [2.45, 2.75) is 6.92 Å². The molecule has 5 nitrogen and oxygen atoms in total. The minimum Gasteiger partial charge on any atom is -0.497 e. The zero-order valence-electron chi connectivity index (χ0n) is 11.8. The first-order valence-corrected chi connectivity index (χ1v) is 6.54. The second-order valence-electron chi connectivity index (χ2n) is 4.56. The highest BCUT2D eigenvalue weighted by Gasteiger charge is 2.06. The van der Waals surface area contributed by atoms with Gasteiger partial charge in [-0.3, -0.25) is 0 Å². The Kier molecular flexibility index (Phi) is 3.55. The molecule has 0 aliphatic rings. The predicted molar refractivity (Wildman–Crippen MR) is 79.8 cm³/mol. The molecule has 21 heavy (non-hydrogen) atoms. The standard InChI is InChI=1S/C16H14N4O/c1-11-5-3-8-14(18-11)16-17-10-15(19-20-16)12-6-4-7-13(9-12)21-2/h3-10H,1-2H3. The van der Waals surface area contributed by atoms with Crippen molar-refractivity contribution < 1.29 is 4.74 Å². The average Bonchev–Trinajstić information content (AvgIpc) is 2.55. The molecule has 0 N–H and O–H groups in total. The van der Waals surface area contributed by atoms with Gasteiger partial charge in [-0.15, -0.1) is 10.2 Å². The van der Waals surface area contributed by atoms with Crippen molar-refractivity contribution in [3.63, 3.8) is 0 Å². The normalized spacial score (nSPS) is 10.4. The van der Waals surface area contributed by atoms with Crippen molar-refractivity contribution in [1.82, 2.24) is 20.2 Å². The summed E-state index contributed by atoms with van der Waals surface area (Å²) in [7, 11) is 1.63. The summed E-state index contributed by atoms with van der Waals surface area (Å²) in [6, 6.07) is 13.4. The van der Waals surface area contributed by atoms with Crippen molar-refractivity contribution in [2.24, 2.45) is 0 Å². The number of benzene rings is 1. The third kappa shape index (κ3) is 2.86. The molecule has 0 aliphatic heterocycles. The number of hydrogen-bond donors (Lipinski definition) is 0. The van der Waals surface area contributed by atoms with E-state index in [-0.39, 0.29) is 0 Å². The molecule has 3 rings (SSSR count). The second-order valence-corrected chi connectivity index (χ2v) is 4.56. The molecular weight excluding hydrogens is 264 g/mol. The highest BCUT2D eigenvalue weighted by atomic mass is 16.5. The van der Waals surface area contributed by atoms with E-state index in [1.165, 1.54) is 0 Å². The Labute approximate surface area is 122 Å². The zero-order chi connectivity index (χ0) is 14.7. The van der Waals surface area contributed by atoms with Gasteiger partial charge in [0, 0.05) is 11.3 Å². The van der Waals surface area contributed by atoms with Crippen molar-refractivity contribution in [2.75, 3.05) is 7.11 Å². The summed E-state index contributed by atoms with van der Waals surface area (Å²) in [4.78, 5) is 8.73. The van der Waals surface area contributed by atoms with Crippen LogP contribution in [0.4, 0.5) is 0 Å².